The molecule has 2 rings (SSSR count). The number of pyridine rings is 1. The Morgan fingerprint density at radius 2 is 1.84 bits per heavy atom. The van der Waals surface area contributed by atoms with Crippen LogP contribution < -0.4 is 5.56 Å². The Bertz CT molecular complexity index is 621. The number of rotatable bonds is 4. The molecular formula is C15H13NO3. The Labute approximate surface area is 110 Å². The van der Waals surface area contributed by atoms with Crippen molar-refractivity contribution in [1.29, 1.82) is 0 Å². The summed E-state index contributed by atoms with van der Waals surface area (Å²) in [5, 5.41) is 0. The maximum atomic E-state index is 11.6. The van der Waals surface area contributed by atoms with Crippen LogP contribution in [0.5, 0.6) is 0 Å². The minimum atomic E-state index is -0.382. The monoisotopic (exact) mass is 255 g/mol. The van der Waals surface area contributed by atoms with Crippen molar-refractivity contribution in [3.63, 3.8) is 0 Å². The van der Waals surface area contributed by atoms with Crippen LogP contribution in [0.25, 0.3) is 11.1 Å². The summed E-state index contributed by atoms with van der Waals surface area (Å²) in [4.78, 5) is 25.2. The molecular weight excluding hydrogens is 242 g/mol. The average molecular weight is 255 g/mol. The molecule has 4 nitrogen and oxygen atoms in total. The maximum absolute atomic E-state index is 11.6. The van der Waals surface area contributed by atoms with Crippen LogP contribution in [0.3, 0.4) is 0 Å². The normalized spacial score (nSPS) is 9.89. The second-order valence-corrected chi connectivity index (χ2v) is 3.91. The zero-order chi connectivity index (χ0) is 13.7. The van der Waals surface area contributed by atoms with Gasteiger partial charge in [-0.05, 0) is 29.3 Å². The first-order chi connectivity index (χ1) is 9.20. The van der Waals surface area contributed by atoms with Crippen LogP contribution in [0.4, 0.5) is 0 Å². The lowest BCUT2D eigenvalue weighted by Crippen LogP contribution is -2.04. The number of aromatic amines is 1. The van der Waals surface area contributed by atoms with Gasteiger partial charge in [0.05, 0.1) is 5.56 Å². The van der Waals surface area contributed by atoms with E-state index in [-0.39, 0.29) is 18.1 Å². The highest BCUT2D eigenvalue weighted by Gasteiger charge is 2.06. The number of hydrogen-bond donors (Lipinski definition) is 1. The molecule has 2 aromatic rings. The quantitative estimate of drug-likeness (QED) is 0.674. The Balaban J connectivity index is 2.18. The summed E-state index contributed by atoms with van der Waals surface area (Å²) in [6.45, 7) is 3.68. The molecule has 1 heterocycles. The average Bonchev–Trinajstić information content (AvgIpc) is 2.46. The number of H-pyrrole nitrogens is 1. The van der Waals surface area contributed by atoms with E-state index in [0.717, 1.165) is 11.1 Å². The van der Waals surface area contributed by atoms with Gasteiger partial charge in [-0.1, -0.05) is 24.8 Å². The van der Waals surface area contributed by atoms with Crippen molar-refractivity contribution < 1.29 is 9.53 Å². The molecule has 0 unspecified atom stereocenters. The maximum Gasteiger partial charge on any atom is 0.338 e. The molecule has 0 atom stereocenters. The second-order valence-electron chi connectivity index (χ2n) is 3.91. The number of ether oxygens (including phenoxy) is 1. The Hall–Kier alpha value is -2.62. The third-order valence-corrected chi connectivity index (χ3v) is 2.57. The Kier molecular flexibility index (Phi) is 3.93. The van der Waals surface area contributed by atoms with E-state index in [0.29, 0.717) is 5.56 Å². The van der Waals surface area contributed by atoms with Gasteiger partial charge in [0.1, 0.15) is 6.61 Å². The van der Waals surface area contributed by atoms with Crippen LogP contribution >= 0.6 is 0 Å². The highest BCUT2D eigenvalue weighted by atomic mass is 16.5. The molecule has 96 valence electrons. The number of esters is 1. The summed E-state index contributed by atoms with van der Waals surface area (Å²) in [5.74, 6) is -0.382. The van der Waals surface area contributed by atoms with Crippen molar-refractivity contribution in [2.45, 2.75) is 0 Å². The van der Waals surface area contributed by atoms with E-state index in [1.807, 2.05) is 0 Å². The van der Waals surface area contributed by atoms with E-state index in [4.69, 9.17) is 4.74 Å². The molecule has 0 bridgehead atoms. The van der Waals surface area contributed by atoms with Gasteiger partial charge in [0.15, 0.2) is 0 Å². The smallest absolute Gasteiger partial charge is 0.338 e. The van der Waals surface area contributed by atoms with Crippen LogP contribution in [0.2, 0.25) is 0 Å². The molecule has 0 aliphatic rings. The van der Waals surface area contributed by atoms with Crippen molar-refractivity contribution in [3.8, 4) is 11.1 Å². The molecule has 0 radical (unpaired) electrons. The van der Waals surface area contributed by atoms with Crippen molar-refractivity contribution in [2.24, 2.45) is 0 Å². The molecule has 0 saturated heterocycles. The largest absolute Gasteiger partial charge is 0.458 e. The van der Waals surface area contributed by atoms with E-state index in [1.165, 1.54) is 12.1 Å². The molecule has 0 amide bonds. The molecule has 1 aromatic heterocycles. The van der Waals surface area contributed by atoms with Gasteiger partial charge < -0.3 is 9.72 Å². The fraction of sp³-hybridized carbons (Fsp3) is 0.0667. The highest BCUT2D eigenvalue weighted by molar-refractivity contribution is 5.90. The lowest BCUT2D eigenvalue weighted by molar-refractivity contribution is 0.0550. The van der Waals surface area contributed by atoms with Crippen LogP contribution in [-0.2, 0) is 4.74 Å². The zero-order valence-electron chi connectivity index (χ0n) is 10.3. The topological polar surface area (TPSA) is 59.2 Å². The van der Waals surface area contributed by atoms with Gasteiger partial charge in [-0.2, -0.15) is 0 Å². The fourth-order valence-corrected chi connectivity index (χ4v) is 1.61. The molecule has 4 heteroatoms. The van der Waals surface area contributed by atoms with E-state index >= 15 is 0 Å². The van der Waals surface area contributed by atoms with Gasteiger partial charge in [-0.15, -0.1) is 0 Å². The summed E-state index contributed by atoms with van der Waals surface area (Å²) >= 11 is 0. The molecule has 1 N–H and O–H groups in total. The number of carbonyl (C=O) groups is 1. The van der Waals surface area contributed by atoms with E-state index in [2.05, 4.69) is 11.6 Å². The number of aromatic nitrogens is 1. The molecule has 0 aliphatic carbocycles. The summed E-state index contributed by atoms with van der Waals surface area (Å²) in [5.41, 5.74) is 2.13. The van der Waals surface area contributed by atoms with Crippen molar-refractivity contribution >= 4 is 5.97 Å². The third-order valence-electron chi connectivity index (χ3n) is 2.57. The lowest BCUT2D eigenvalue weighted by Gasteiger charge is -2.04. The van der Waals surface area contributed by atoms with Gasteiger partial charge in [-0.3, -0.25) is 4.79 Å². The number of benzene rings is 1. The predicted octanol–water partition coefficient (Wildman–Crippen LogP) is 2.38. The molecule has 0 fully saturated rings. The lowest BCUT2D eigenvalue weighted by atomic mass is 10.1. The van der Waals surface area contributed by atoms with Crippen LogP contribution in [-0.4, -0.2) is 17.6 Å². The second kappa shape index (κ2) is 5.82. The van der Waals surface area contributed by atoms with Gasteiger partial charge in [-0.25, -0.2) is 4.79 Å². The molecule has 1 aromatic carbocycles. The number of nitrogens with one attached hydrogen (secondary N) is 1. The SMILES string of the molecule is C=CCOC(=O)c1ccc(-c2ccc(=O)[nH]c2)cc1. The first-order valence-electron chi connectivity index (χ1n) is 5.78. The first-order valence-corrected chi connectivity index (χ1v) is 5.78. The first kappa shape index (κ1) is 12.8. The van der Waals surface area contributed by atoms with E-state index < -0.39 is 0 Å². The standard InChI is InChI=1S/C15H13NO3/c1-2-9-19-15(18)12-5-3-11(4-6-12)13-7-8-14(17)16-10-13/h2-8,10H,1,9H2,(H,16,17). The summed E-state index contributed by atoms with van der Waals surface area (Å²) in [6, 6.07) is 10.2. The van der Waals surface area contributed by atoms with Gasteiger partial charge in [0, 0.05) is 12.3 Å². The van der Waals surface area contributed by atoms with Gasteiger partial charge >= 0.3 is 5.97 Å². The van der Waals surface area contributed by atoms with Crippen LogP contribution in [0.1, 0.15) is 10.4 Å². The predicted molar refractivity (Wildman–Crippen MR) is 73.0 cm³/mol. The number of hydrogen-bond acceptors (Lipinski definition) is 3. The van der Waals surface area contributed by atoms with Gasteiger partial charge in [0.2, 0.25) is 5.56 Å². The van der Waals surface area contributed by atoms with E-state index in [9.17, 15) is 9.59 Å². The minimum absolute atomic E-state index is 0.145. The summed E-state index contributed by atoms with van der Waals surface area (Å²) in [7, 11) is 0. The zero-order valence-corrected chi connectivity index (χ0v) is 10.3. The fourth-order valence-electron chi connectivity index (χ4n) is 1.61. The molecule has 19 heavy (non-hydrogen) atoms. The summed E-state index contributed by atoms with van der Waals surface area (Å²) < 4.78 is 4.93. The highest BCUT2D eigenvalue weighted by Crippen LogP contribution is 2.18. The molecule has 0 aliphatic heterocycles. The summed E-state index contributed by atoms with van der Waals surface area (Å²) in [6.07, 6.45) is 3.15. The molecule has 0 saturated carbocycles. The number of carbonyl (C=O) groups excluding carboxylic acids is 1. The van der Waals surface area contributed by atoms with E-state index in [1.54, 1.807) is 36.5 Å². The third kappa shape index (κ3) is 3.19. The van der Waals surface area contributed by atoms with Crippen molar-refractivity contribution in [1.82, 2.24) is 4.98 Å². The van der Waals surface area contributed by atoms with Gasteiger partial charge in [0.25, 0.3) is 0 Å². The minimum Gasteiger partial charge on any atom is -0.458 e. The van der Waals surface area contributed by atoms with Crippen LogP contribution in [0.15, 0.2) is 60.0 Å². The van der Waals surface area contributed by atoms with Crippen molar-refractivity contribution in [3.05, 3.63) is 71.2 Å². The van der Waals surface area contributed by atoms with Crippen molar-refractivity contribution in [2.75, 3.05) is 6.61 Å². The molecule has 0 spiro atoms. The van der Waals surface area contributed by atoms with Crippen LogP contribution in [0, 0.1) is 0 Å². The Morgan fingerprint density at radius 3 is 2.42 bits per heavy atom. The Morgan fingerprint density at radius 1 is 1.16 bits per heavy atom.